The van der Waals surface area contributed by atoms with E-state index in [0.717, 1.165) is 12.1 Å². The van der Waals surface area contributed by atoms with Gasteiger partial charge in [0.15, 0.2) is 0 Å². The van der Waals surface area contributed by atoms with E-state index >= 15 is 0 Å². The van der Waals surface area contributed by atoms with Crippen molar-refractivity contribution < 1.29 is 39.9 Å². The molecule has 2 nitrogen and oxygen atoms in total. The number of halogens is 9. The standard InChI is InChI=1S/C15H8BrF8NO/c1-7-6-10(16)25-12(11(7)8-4-2-3-5-9(8)17)26-13(18,14(19,20)21)15(22,23)24/h2-6H,1H3. The second-order valence-electron chi connectivity index (χ2n) is 5.11. The molecular formula is C15H8BrF8NO. The van der Waals surface area contributed by atoms with Crippen LogP contribution in [0, 0.1) is 12.7 Å². The Morgan fingerprint density at radius 3 is 2.00 bits per heavy atom. The summed E-state index contributed by atoms with van der Waals surface area (Å²) in [6.45, 7) is 1.27. The molecule has 0 saturated heterocycles. The Hall–Kier alpha value is -1.91. The van der Waals surface area contributed by atoms with Gasteiger partial charge < -0.3 is 4.74 Å². The summed E-state index contributed by atoms with van der Waals surface area (Å²) in [5.74, 6) is -8.35. The van der Waals surface area contributed by atoms with Crippen LogP contribution in [0.3, 0.4) is 0 Å². The highest BCUT2D eigenvalue weighted by molar-refractivity contribution is 9.10. The van der Waals surface area contributed by atoms with Gasteiger partial charge in [-0.15, -0.1) is 0 Å². The van der Waals surface area contributed by atoms with Gasteiger partial charge in [-0.05, 0) is 40.5 Å². The molecule has 26 heavy (non-hydrogen) atoms. The van der Waals surface area contributed by atoms with Gasteiger partial charge in [0.25, 0.3) is 0 Å². The van der Waals surface area contributed by atoms with Gasteiger partial charge in [-0.3, -0.25) is 0 Å². The van der Waals surface area contributed by atoms with E-state index in [9.17, 15) is 35.1 Å². The lowest BCUT2D eigenvalue weighted by Gasteiger charge is -2.30. The average molecular weight is 450 g/mol. The van der Waals surface area contributed by atoms with Crippen molar-refractivity contribution in [1.29, 1.82) is 0 Å². The third-order valence-electron chi connectivity index (χ3n) is 3.26. The first-order chi connectivity index (χ1) is 11.8. The number of hydrogen-bond donors (Lipinski definition) is 0. The molecule has 1 aromatic carbocycles. The first kappa shape index (κ1) is 20.4. The number of hydrogen-bond acceptors (Lipinski definition) is 2. The Balaban J connectivity index is 2.72. The summed E-state index contributed by atoms with van der Waals surface area (Å²) < 4.78 is 108. The lowest BCUT2D eigenvalue weighted by molar-refractivity contribution is -0.406. The Bertz CT molecular complexity index is 804. The van der Waals surface area contributed by atoms with Crippen LogP contribution in [0.4, 0.5) is 35.1 Å². The minimum Gasteiger partial charge on any atom is -0.425 e. The molecule has 0 saturated carbocycles. The van der Waals surface area contributed by atoms with E-state index < -0.39 is 41.0 Å². The molecule has 0 bridgehead atoms. The molecule has 142 valence electrons. The van der Waals surface area contributed by atoms with Gasteiger partial charge in [0.05, 0.1) is 5.56 Å². The Morgan fingerprint density at radius 1 is 0.962 bits per heavy atom. The number of benzene rings is 1. The topological polar surface area (TPSA) is 22.1 Å². The van der Waals surface area contributed by atoms with Crippen LogP contribution in [0.1, 0.15) is 5.56 Å². The summed E-state index contributed by atoms with van der Waals surface area (Å²) in [7, 11) is 0. The average Bonchev–Trinajstić information content (AvgIpc) is 2.46. The fourth-order valence-corrected chi connectivity index (χ4v) is 2.58. The highest BCUT2D eigenvalue weighted by Crippen LogP contribution is 2.48. The summed E-state index contributed by atoms with van der Waals surface area (Å²) >= 11 is 2.78. The van der Waals surface area contributed by atoms with Gasteiger partial charge in [0.1, 0.15) is 10.4 Å². The van der Waals surface area contributed by atoms with Crippen LogP contribution in [0.15, 0.2) is 34.9 Å². The highest BCUT2D eigenvalue weighted by atomic mass is 79.9. The summed E-state index contributed by atoms with van der Waals surface area (Å²) in [5, 5.41) is 0. The fourth-order valence-electron chi connectivity index (χ4n) is 2.08. The highest BCUT2D eigenvalue weighted by Gasteiger charge is 2.76. The molecule has 2 rings (SSSR count). The first-order valence-electron chi connectivity index (χ1n) is 6.71. The second-order valence-corrected chi connectivity index (χ2v) is 5.93. The Kier molecular flexibility index (Phi) is 5.24. The van der Waals surface area contributed by atoms with E-state index in [1.165, 1.54) is 25.1 Å². The molecule has 0 spiro atoms. The molecule has 1 heterocycles. The van der Waals surface area contributed by atoms with Crippen LogP contribution in [0.2, 0.25) is 0 Å². The molecule has 0 fully saturated rings. The van der Waals surface area contributed by atoms with Crippen LogP contribution in [-0.4, -0.2) is 23.2 Å². The number of rotatable bonds is 3. The van der Waals surface area contributed by atoms with Crippen molar-refractivity contribution in [3.63, 3.8) is 0 Å². The SMILES string of the molecule is Cc1cc(Br)nc(OC(F)(C(F)(F)F)C(F)(F)F)c1-c1ccccc1F. The second kappa shape index (κ2) is 6.67. The first-order valence-corrected chi connectivity index (χ1v) is 7.50. The van der Waals surface area contributed by atoms with Gasteiger partial charge in [-0.2, -0.15) is 30.7 Å². The van der Waals surface area contributed by atoms with Crippen LogP contribution < -0.4 is 4.74 Å². The molecule has 0 amide bonds. The Morgan fingerprint density at radius 2 is 1.50 bits per heavy atom. The number of nitrogens with zero attached hydrogens (tertiary/aromatic N) is 1. The molecule has 11 heteroatoms. The van der Waals surface area contributed by atoms with Gasteiger partial charge in [0, 0.05) is 5.56 Å². The molecule has 0 atom stereocenters. The molecule has 0 unspecified atom stereocenters. The smallest absolute Gasteiger partial charge is 0.425 e. The minimum absolute atomic E-state index is 0.0127. The quantitative estimate of drug-likeness (QED) is 0.415. The maximum Gasteiger partial charge on any atom is 0.470 e. The van der Waals surface area contributed by atoms with E-state index in [1.54, 1.807) is 0 Å². The van der Waals surface area contributed by atoms with Crippen LogP contribution in [-0.2, 0) is 0 Å². The van der Waals surface area contributed by atoms with Crippen LogP contribution in [0.5, 0.6) is 5.88 Å². The number of alkyl halides is 7. The molecule has 0 radical (unpaired) electrons. The monoisotopic (exact) mass is 449 g/mol. The molecular weight excluding hydrogens is 442 g/mol. The van der Waals surface area contributed by atoms with E-state index in [1.807, 2.05) is 0 Å². The lowest BCUT2D eigenvalue weighted by Crippen LogP contribution is -2.57. The largest absolute Gasteiger partial charge is 0.470 e. The molecule has 1 aromatic heterocycles. The number of aromatic nitrogens is 1. The minimum atomic E-state index is -6.45. The van der Waals surface area contributed by atoms with Gasteiger partial charge in [0.2, 0.25) is 5.88 Å². The summed E-state index contributed by atoms with van der Waals surface area (Å²) in [4.78, 5) is 3.35. The summed E-state index contributed by atoms with van der Waals surface area (Å²) in [5.41, 5.74) is -0.924. The number of pyridine rings is 1. The summed E-state index contributed by atoms with van der Waals surface area (Å²) in [6.07, 6.45) is -12.9. The zero-order valence-electron chi connectivity index (χ0n) is 12.6. The van der Waals surface area contributed by atoms with E-state index in [2.05, 4.69) is 25.7 Å². The zero-order chi connectivity index (χ0) is 19.9. The predicted molar refractivity (Wildman–Crippen MR) is 78.6 cm³/mol. The maximum absolute atomic E-state index is 14.0. The molecule has 0 aliphatic heterocycles. The van der Waals surface area contributed by atoms with E-state index in [0.29, 0.717) is 0 Å². The molecule has 0 N–H and O–H groups in total. The zero-order valence-corrected chi connectivity index (χ0v) is 14.2. The summed E-state index contributed by atoms with van der Waals surface area (Å²) in [6, 6.07) is 5.76. The molecule has 0 aliphatic rings. The maximum atomic E-state index is 14.0. The third kappa shape index (κ3) is 3.62. The van der Waals surface area contributed by atoms with E-state index in [4.69, 9.17) is 0 Å². The fraction of sp³-hybridized carbons (Fsp3) is 0.267. The third-order valence-corrected chi connectivity index (χ3v) is 3.67. The molecule has 2 aromatic rings. The van der Waals surface area contributed by atoms with Crippen molar-refractivity contribution in [3.8, 4) is 17.0 Å². The normalized spacial score (nSPS) is 13.0. The van der Waals surface area contributed by atoms with Crippen molar-refractivity contribution in [2.45, 2.75) is 25.1 Å². The van der Waals surface area contributed by atoms with Crippen LogP contribution >= 0.6 is 15.9 Å². The lowest BCUT2D eigenvalue weighted by atomic mass is 10.0. The number of ether oxygens (including phenoxy) is 1. The van der Waals surface area contributed by atoms with Crippen molar-refractivity contribution in [1.82, 2.24) is 4.98 Å². The van der Waals surface area contributed by atoms with Crippen molar-refractivity contribution in [2.75, 3.05) is 0 Å². The predicted octanol–water partition coefficient (Wildman–Crippen LogP) is 6.13. The van der Waals surface area contributed by atoms with Gasteiger partial charge in [-0.1, -0.05) is 18.2 Å². The van der Waals surface area contributed by atoms with Crippen molar-refractivity contribution in [2.24, 2.45) is 0 Å². The van der Waals surface area contributed by atoms with Crippen molar-refractivity contribution in [3.05, 3.63) is 46.3 Å². The van der Waals surface area contributed by atoms with Crippen molar-refractivity contribution >= 4 is 15.9 Å². The Labute approximate surface area is 149 Å². The van der Waals surface area contributed by atoms with Gasteiger partial charge >= 0.3 is 18.2 Å². The molecule has 0 aliphatic carbocycles. The van der Waals surface area contributed by atoms with Crippen LogP contribution in [0.25, 0.3) is 11.1 Å². The van der Waals surface area contributed by atoms with E-state index in [-0.39, 0.29) is 10.2 Å². The van der Waals surface area contributed by atoms with Gasteiger partial charge in [-0.25, -0.2) is 9.37 Å². The number of aryl methyl sites for hydroxylation is 1.